The fourth-order valence-corrected chi connectivity index (χ4v) is 2.20. The summed E-state index contributed by atoms with van der Waals surface area (Å²) in [6, 6.07) is 8.97. The van der Waals surface area contributed by atoms with E-state index in [1.165, 1.54) is 11.3 Å². The molecule has 1 rings (SSSR count). The Bertz CT molecular complexity index is 396. The third-order valence-corrected chi connectivity index (χ3v) is 3.29. The highest BCUT2D eigenvalue weighted by atomic mass is 16.3. The molecule has 0 atom stereocenters. The van der Waals surface area contributed by atoms with Crippen LogP contribution in [0.5, 0.6) is 0 Å². The summed E-state index contributed by atoms with van der Waals surface area (Å²) in [5.74, 6) is 0. The standard InChI is InChI=1S/C17H30N2O/c1-14(2)19(11-8-12-20)16-10-7-6-9-15(16)13-18-17(3,4)5/h6-7,9-10,14,18,20H,8,11-13H2,1-5H3. The van der Waals surface area contributed by atoms with Crippen LogP contribution in [0.4, 0.5) is 5.69 Å². The molecule has 0 radical (unpaired) electrons. The quantitative estimate of drug-likeness (QED) is 0.804. The van der Waals surface area contributed by atoms with Gasteiger partial charge in [0.05, 0.1) is 0 Å². The number of para-hydroxylation sites is 1. The normalized spacial score (nSPS) is 11.9. The van der Waals surface area contributed by atoms with Gasteiger partial charge in [-0.25, -0.2) is 0 Å². The van der Waals surface area contributed by atoms with Gasteiger partial charge in [0, 0.05) is 37.0 Å². The summed E-state index contributed by atoms with van der Waals surface area (Å²) in [6.45, 7) is 12.9. The van der Waals surface area contributed by atoms with Crippen LogP contribution in [0.3, 0.4) is 0 Å². The molecule has 1 aromatic rings. The monoisotopic (exact) mass is 278 g/mol. The lowest BCUT2D eigenvalue weighted by atomic mass is 10.1. The summed E-state index contributed by atoms with van der Waals surface area (Å²) in [6.07, 6.45) is 0.805. The molecule has 0 unspecified atom stereocenters. The first-order valence-electron chi connectivity index (χ1n) is 7.55. The lowest BCUT2D eigenvalue weighted by molar-refractivity contribution is 0.288. The summed E-state index contributed by atoms with van der Waals surface area (Å²) < 4.78 is 0. The number of nitrogens with one attached hydrogen (secondary N) is 1. The summed E-state index contributed by atoms with van der Waals surface area (Å²) >= 11 is 0. The predicted molar refractivity (Wildman–Crippen MR) is 87.2 cm³/mol. The molecule has 20 heavy (non-hydrogen) atoms. The average molecular weight is 278 g/mol. The highest BCUT2D eigenvalue weighted by Gasteiger charge is 2.15. The number of hydrogen-bond acceptors (Lipinski definition) is 3. The molecule has 0 aromatic heterocycles. The van der Waals surface area contributed by atoms with Crippen LogP contribution >= 0.6 is 0 Å². The van der Waals surface area contributed by atoms with Crippen LogP contribution in [0.25, 0.3) is 0 Å². The Balaban J connectivity index is 2.91. The van der Waals surface area contributed by atoms with Gasteiger partial charge in [0.25, 0.3) is 0 Å². The summed E-state index contributed by atoms with van der Waals surface area (Å²) in [5, 5.41) is 12.6. The van der Waals surface area contributed by atoms with Crippen molar-refractivity contribution in [2.75, 3.05) is 18.1 Å². The molecular formula is C17H30N2O. The van der Waals surface area contributed by atoms with Crippen molar-refractivity contribution in [3.8, 4) is 0 Å². The number of anilines is 1. The van der Waals surface area contributed by atoms with Crippen LogP contribution in [0.15, 0.2) is 24.3 Å². The first-order chi connectivity index (χ1) is 9.35. The topological polar surface area (TPSA) is 35.5 Å². The highest BCUT2D eigenvalue weighted by Crippen LogP contribution is 2.23. The number of aliphatic hydroxyl groups is 1. The van der Waals surface area contributed by atoms with Crippen LogP contribution in [-0.2, 0) is 6.54 Å². The van der Waals surface area contributed by atoms with Gasteiger partial charge in [-0.05, 0) is 52.7 Å². The number of nitrogens with zero attached hydrogens (tertiary/aromatic N) is 1. The summed E-state index contributed by atoms with van der Waals surface area (Å²) in [5.41, 5.74) is 2.70. The minimum absolute atomic E-state index is 0.112. The Morgan fingerprint density at radius 2 is 1.85 bits per heavy atom. The lowest BCUT2D eigenvalue weighted by Gasteiger charge is -2.32. The number of hydrogen-bond donors (Lipinski definition) is 2. The number of benzene rings is 1. The minimum Gasteiger partial charge on any atom is -0.396 e. The molecule has 0 bridgehead atoms. The van der Waals surface area contributed by atoms with Gasteiger partial charge >= 0.3 is 0 Å². The number of rotatable bonds is 7. The maximum atomic E-state index is 9.08. The smallest absolute Gasteiger partial charge is 0.0447 e. The van der Waals surface area contributed by atoms with Crippen molar-refractivity contribution in [3.63, 3.8) is 0 Å². The second-order valence-electron chi connectivity index (χ2n) is 6.60. The summed E-state index contributed by atoms with van der Waals surface area (Å²) in [7, 11) is 0. The van der Waals surface area contributed by atoms with Crippen molar-refractivity contribution < 1.29 is 5.11 Å². The fraction of sp³-hybridized carbons (Fsp3) is 0.647. The van der Waals surface area contributed by atoms with E-state index in [-0.39, 0.29) is 12.1 Å². The molecule has 0 aliphatic rings. The van der Waals surface area contributed by atoms with Crippen molar-refractivity contribution in [3.05, 3.63) is 29.8 Å². The minimum atomic E-state index is 0.112. The highest BCUT2D eigenvalue weighted by molar-refractivity contribution is 5.54. The van der Waals surface area contributed by atoms with Gasteiger partial charge in [-0.3, -0.25) is 0 Å². The van der Waals surface area contributed by atoms with Crippen LogP contribution < -0.4 is 10.2 Å². The van der Waals surface area contributed by atoms with E-state index in [1.807, 2.05) is 0 Å². The van der Waals surface area contributed by atoms with Gasteiger partial charge in [-0.1, -0.05) is 18.2 Å². The Morgan fingerprint density at radius 1 is 1.20 bits per heavy atom. The molecule has 0 aliphatic heterocycles. The maximum absolute atomic E-state index is 9.08. The van der Waals surface area contributed by atoms with Gasteiger partial charge in [-0.2, -0.15) is 0 Å². The summed E-state index contributed by atoms with van der Waals surface area (Å²) in [4.78, 5) is 2.37. The average Bonchev–Trinajstić information content (AvgIpc) is 2.36. The van der Waals surface area contributed by atoms with E-state index < -0.39 is 0 Å². The molecule has 114 valence electrons. The Labute approximate surface area is 124 Å². The first-order valence-corrected chi connectivity index (χ1v) is 7.55. The van der Waals surface area contributed by atoms with E-state index >= 15 is 0 Å². The molecule has 0 saturated heterocycles. The SMILES string of the molecule is CC(C)N(CCCO)c1ccccc1CNC(C)(C)C. The fourth-order valence-electron chi connectivity index (χ4n) is 2.20. The Hall–Kier alpha value is -1.06. The van der Waals surface area contributed by atoms with Gasteiger partial charge in [0.2, 0.25) is 0 Å². The molecule has 0 fully saturated rings. The second kappa shape index (κ2) is 7.65. The van der Waals surface area contributed by atoms with Crippen molar-refractivity contribution in [1.29, 1.82) is 0 Å². The van der Waals surface area contributed by atoms with Crippen molar-refractivity contribution in [1.82, 2.24) is 5.32 Å². The van der Waals surface area contributed by atoms with E-state index in [0.717, 1.165) is 19.5 Å². The van der Waals surface area contributed by atoms with E-state index in [4.69, 9.17) is 5.11 Å². The van der Waals surface area contributed by atoms with Gasteiger partial charge < -0.3 is 15.3 Å². The zero-order valence-corrected chi connectivity index (χ0v) is 13.6. The second-order valence-corrected chi connectivity index (χ2v) is 6.60. The third-order valence-electron chi connectivity index (χ3n) is 3.29. The van der Waals surface area contributed by atoms with Gasteiger partial charge in [0.15, 0.2) is 0 Å². The molecule has 3 heteroatoms. The Morgan fingerprint density at radius 3 is 2.40 bits per heavy atom. The van der Waals surface area contributed by atoms with Crippen LogP contribution in [0, 0.1) is 0 Å². The van der Waals surface area contributed by atoms with Crippen LogP contribution in [-0.4, -0.2) is 29.8 Å². The molecule has 0 aliphatic carbocycles. The van der Waals surface area contributed by atoms with E-state index in [9.17, 15) is 0 Å². The van der Waals surface area contributed by atoms with Crippen molar-refractivity contribution in [2.24, 2.45) is 0 Å². The lowest BCUT2D eigenvalue weighted by Crippen LogP contribution is -2.37. The van der Waals surface area contributed by atoms with Crippen molar-refractivity contribution >= 4 is 5.69 Å². The van der Waals surface area contributed by atoms with Gasteiger partial charge in [0.1, 0.15) is 0 Å². The molecule has 1 aromatic carbocycles. The zero-order chi connectivity index (χ0) is 15.2. The molecule has 0 spiro atoms. The zero-order valence-electron chi connectivity index (χ0n) is 13.6. The molecule has 0 heterocycles. The first kappa shape index (κ1) is 17.0. The molecule has 0 saturated carbocycles. The van der Waals surface area contributed by atoms with Gasteiger partial charge in [-0.15, -0.1) is 0 Å². The number of aliphatic hydroxyl groups excluding tert-OH is 1. The third kappa shape index (κ3) is 5.51. The van der Waals surface area contributed by atoms with E-state index in [0.29, 0.717) is 6.04 Å². The Kier molecular flexibility index (Phi) is 6.50. The van der Waals surface area contributed by atoms with E-state index in [1.54, 1.807) is 0 Å². The molecular weight excluding hydrogens is 248 g/mol. The largest absolute Gasteiger partial charge is 0.396 e. The van der Waals surface area contributed by atoms with Crippen LogP contribution in [0.2, 0.25) is 0 Å². The molecule has 2 N–H and O–H groups in total. The predicted octanol–water partition coefficient (Wildman–Crippen LogP) is 3.17. The van der Waals surface area contributed by atoms with Crippen molar-refractivity contribution in [2.45, 2.75) is 59.2 Å². The maximum Gasteiger partial charge on any atom is 0.0447 e. The van der Waals surface area contributed by atoms with Crippen LogP contribution in [0.1, 0.15) is 46.6 Å². The molecule has 3 nitrogen and oxygen atoms in total. The van der Waals surface area contributed by atoms with E-state index in [2.05, 4.69) is 69.1 Å². The molecule has 0 amide bonds.